The van der Waals surface area contributed by atoms with E-state index in [1.807, 2.05) is 13.0 Å². The fourth-order valence-corrected chi connectivity index (χ4v) is 4.13. The van der Waals surface area contributed by atoms with Gasteiger partial charge in [-0.3, -0.25) is 4.79 Å². The van der Waals surface area contributed by atoms with Crippen LogP contribution in [0.4, 0.5) is 4.39 Å². The number of amides is 1. The van der Waals surface area contributed by atoms with Crippen LogP contribution in [0.15, 0.2) is 42.7 Å². The van der Waals surface area contributed by atoms with Gasteiger partial charge in [-0.15, -0.1) is 0 Å². The van der Waals surface area contributed by atoms with Crippen molar-refractivity contribution in [2.45, 2.75) is 38.3 Å². The molecule has 35 heavy (non-hydrogen) atoms. The number of nitrogens with zero attached hydrogens (tertiary/aromatic N) is 5. The van der Waals surface area contributed by atoms with Gasteiger partial charge in [-0.1, -0.05) is 17.7 Å². The number of fused-ring (bicyclic) bond motifs is 1. The van der Waals surface area contributed by atoms with E-state index in [2.05, 4.69) is 9.97 Å². The van der Waals surface area contributed by atoms with Gasteiger partial charge in [0.15, 0.2) is 11.2 Å². The maximum atomic E-state index is 14.7. The first kappa shape index (κ1) is 22.7. The molecule has 0 radical (unpaired) electrons. The molecule has 0 spiro atoms. The van der Waals surface area contributed by atoms with Crippen molar-refractivity contribution in [3.8, 4) is 23.3 Å². The van der Waals surface area contributed by atoms with Crippen molar-refractivity contribution < 1.29 is 13.9 Å². The van der Waals surface area contributed by atoms with Crippen LogP contribution in [0.1, 0.15) is 36.5 Å². The van der Waals surface area contributed by atoms with Gasteiger partial charge in [0.25, 0.3) is 0 Å². The third kappa shape index (κ3) is 4.53. The minimum atomic E-state index is -0.473. The Morgan fingerprint density at radius 2 is 2.09 bits per heavy atom. The summed E-state index contributed by atoms with van der Waals surface area (Å²) in [5.41, 5.74) is 7.71. The highest BCUT2D eigenvalue weighted by molar-refractivity contribution is 6.33. The number of carbonyl (C=O) groups excluding carboxylic acids is 1. The Hall–Kier alpha value is -4.03. The standard InChI is InChI=1S/C25H20ClFN6O2/c1-25(6-7-25)35-24-21-23(30-13-31-24)33(12-16-8-15(11-28)3-5-19(16)27)22(32-21)17-4-2-14(9-18(17)26)10-20(29)34/h2-5,8-9,13H,6-7,10,12H2,1H3,(H2,29,34). The van der Waals surface area contributed by atoms with Gasteiger partial charge >= 0.3 is 0 Å². The Balaban J connectivity index is 1.68. The SMILES string of the molecule is CC1(Oc2ncnc3c2nc(-c2ccc(CC(N)=O)cc2Cl)n3Cc2cc(C#N)ccc2F)CC1. The average molecular weight is 491 g/mol. The van der Waals surface area contributed by atoms with Gasteiger partial charge < -0.3 is 15.0 Å². The van der Waals surface area contributed by atoms with Crippen molar-refractivity contribution in [2.24, 2.45) is 5.73 Å². The molecule has 0 aliphatic heterocycles. The lowest BCUT2D eigenvalue weighted by Crippen LogP contribution is -2.13. The van der Waals surface area contributed by atoms with Crippen LogP contribution < -0.4 is 10.5 Å². The molecular formula is C25H20ClFN6O2. The second kappa shape index (κ2) is 8.64. The summed E-state index contributed by atoms with van der Waals surface area (Å²) in [5, 5.41) is 9.62. The molecule has 0 saturated heterocycles. The zero-order chi connectivity index (χ0) is 24.7. The topological polar surface area (TPSA) is 120 Å². The lowest BCUT2D eigenvalue weighted by atomic mass is 10.1. The summed E-state index contributed by atoms with van der Waals surface area (Å²) in [4.78, 5) is 24.8. The van der Waals surface area contributed by atoms with Gasteiger partial charge in [0.2, 0.25) is 11.8 Å². The van der Waals surface area contributed by atoms with E-state index in [4.69, 9.17) is 27.1 Å². The number of aromatic nitrogens is 4. The molecule has 2 aromatic carbocycles. The zero-order valence-electron chi connectivity index (χ0n) is 18.8. The molecule has 1 aliphatic carbocycles. The Bertz CT molecular complexity index is 1520. The van der Waals surface area contributed by atoms with Gasteiger partial charge in [0.1, 0.15) is 23.6 Å². The summed E-state index contributed by atoms with van der Waals surface area (Å²) in [7, 11) is 0. The molecule has 0 atom stereocenters. The first-order chi connectivity index (χ1) is 16.8. The van der Waals surface area contributed by atoms with Gasteiger partial charge in [0, 0.05) is 11.1 Å². The minimum Gasteiger partial charge on any atom is -0.470 e. The van der Waals surface area contributed by atoms with E-state index in [0.29, 0.717) is 50.1 Å². The summed E-state index contributed by atoms with van der Waals surface area (Å²) in [6.45, 7) is 2.04. The predicted octanol–water partition coefficient (Wildman–Crippen LogP) is 4.16. The molecule has 176 valence electrons. The molecule has 10 heteroatoms. The molecular weight excluding hydrogens is 471 g/mol. The fourth-order valence-electron chi connectivity index (χ4n) is 3.84. The number of hydrogen-bond donors (Lipinski definition) is 1. The predicted molar refractivity (Wildman–Crippen MR) is 127 cm³/mol. The van der Waals surface area contributed by atoms with E-state index < -0.39 is 11.7 Å². The van der Waals surface area contributed by atoms with Crippen LogP contribution in [0.25, 0.3) is 22.6 Å². The molecule has 2 aromatic heterocycles. The summed E-state index contributed by atoms with van der Waals surface area (Å²) in [6, 6.07) is 11.3. The van der Waals surface area contributed by atoms with Crippen molar-refractivity contribution in [1.29, 1.82) is 5.26 Å². The van der Waals surface area contributed by atoms with Crippen LogP contribution in [0.3, 0.4) is 0 Å². The highest BCUT2D eigenvalue weighted by atomic mass is 35.5. The molecule has 0 unspecified atom stereocenters. The van der Waals surface area contributed by atoms with E-state index in [1.54, 1.807) is 22.8 Å². The van der Waals surface area contributed by atoms with Crippen molar-refractivity contribution in [3.63, 3.8) is 0 Å². The highest BCUT2D eigenvalue weighted by Gasteiger charge is 2.41. The third-order valence-electron chi connectivity index (χ3n) is 5.95. The summed E-state index contributed by atoms with van der Waals surface area (Å²) in [5.74, 6) is -0.179. The number of nitriles is 1. The Morgan fingerprint density at radius 1 is 1.29 bits per heavy atom. The van der Waals surface area contributed by atoms with E-state index in [9.17, 15) is 14.4 Å². The molecule has 0 bridgehead atoms. The van der Waals surface area contributed by atoms with Crippen LogP contribution in [0, 0.1) is 17.1 Å². The van der Waals surface area contributed by atoms with Crippen molar-refractivity contribution in [1.82, 2.24) is 19.5 Å². The molecule has 8 nitrogen and oxygen atoms in total. The highest BCUT2D eigenvalue weighted by Crippen LogP contribution is 2.41. The number of benzene rings is 2. The molecule has 1 fully saturated rings. The van der Waals surface area contributed by atoms with Gasteiger partial charge in [-0.2, -0.15) is 10.2 Å². The van der Waals surface area contributed by atoms with Crippen LogP contribution in [0.2, 0.25) is 5.02 Å². The monoisotopic (exact) mass is 490 g/mol. The number of imidazole rings is 1. The van der Waals surface area contributed by atoms with Crippen LogP contribution in [-0.4, -0.2) is 31.0 Å². The van der Waals surface area contributed by atoms with Crippen molar-refractivity contribution in [3.05, 3.63) is 70.3 Å². The molecule has 5 rings (SSSR count). The second-order valence-electron chi connectivity index (χ2n) is 8.80. The third-order valence-corrected chi connectivity index (χ3v) is 6.26. The molecule has 1 amide bonds. The van der Waals surface area contributed by atoms with Gasteiger partial charge in [-0.25, -0.2) is 14.4 Å². The van der Waals surface area contributed by atoms with Crippen molar-refractivity contribution >= 4 is 28.7 Å². The number of hydrogen-bond acceptors (Lipinski definition) is 6. The molecule has 4 aromatic rings. The van der Waals surface area contributed by atoms with E-state index >= 15 is 0 Å². The molecule has 1 saturated carbocycles. The van der Waals surface area contributed by atoms with E-state index in [0.717, 1.165) is 12.8 Å². The van der Waals surface area contributed by atoms with E-state index in [1.165, 1.54) is 24.5 Å². The Morgan fingerprint density at radius 3 is 2.77 bits per heavy atom. The molecule has 2 N–H and O–H groups in total. The van der Waals surface area contributed by atoms with Crippen LogP contribution >= 0.6 is 11.6 Å². The number of rotatable bonds is 7. The lowest BCUT2D eigenvalue weighted by Gasteiger charge is -2.12. The van der Waals surface area contributed by atoms with Gasteiger partial charge in [-0.05, 0) is 55.7 Å². The van der Waals surface area contributed by atoms with Crippen LogP contribution in [0.5, 0.6) is 5.88 Å². The number of ether oxygens (including phenoxy) is 1. The first-order valence-corrected chi connectivity index (χ1v) is 11.3. The van der Waals surface area contributed by atoms with E-state index in [-0.39, 0.29) is 18.6 Å². The number of primary amides is 1. The quantitative estimate of drug-likeness (QED) is 0.415. The largest absolute Gasteiger partial charge is 0.470 e. The minimum absolute atomic E-state index is 0.0419. The first-order valence-electron chi connectivity index (χ1n) is 10.9. The second-order valence-corrected chi connectivity index (χ2v) is 9.21. The van der Waals surface area contributed by atoms with Gasteiger partial charge in [0.05, 0.1) is 29.6 Å². The average Bonchev–Trinajstić information content (AvgIpc) is 3.43. The number of halogens is 2. The Labute approximate surface area is 205 Å². The Kier molecular flexibility index (Phi) is 5.61. The summed E-state index contributed by atoms with van der Waals surface area (Å²) >= 11 is 6.60. The zero-order valence-corrected chi connectivity index (χ0v) is 19.5. The fraction of sp³-hybridized carbons (Fsp3) is 0.240. The molecule has 1 aliphatic rings. The lowest BCUT2D eigenvalue weighted by molar-refractivity contribution is -0.117. The smallest absolute Gasteiger partial charge is 0.245 e. The summed E-state index contributed by atoms with van der Waals surface area (Å²) < 4.78 is 22.5. The number of carbonyl (C=O) groups is 1. The van der Waals surface area contributed by atoms with Crippen LogP contribution in [-0.2, 0) is 17.8 Å². The normalized spacial score (nSPS) is 14.0. The molecule has 2 heterocycles. The maximum Gasteiger partial charge on any atom is 0.245 e. The summed E-state index contributed by atoms with van der Waals surface area (Å²) in [6.07, 6.45) is 3.24. The number of nitrogens with two attached hydrogens (primary N) is 1. The maximum absolute atomic E-state index is 14.7. The van der Waals surface area contributed by atoms with Crippen molar-refractivity contribution in [2.75, 3.05) is 0 Å².